The standard InChI is InChI=1S/C17H24FN3O2/c1-3-12(2)19-17(23)20-16(22)11-21(14-8-9-14)10-13-6-4-5-7-15(13)18/h4-7,12,14H,3,8-11H2,1-2H3,(H2,19,20,22,23)/p+1/t12-/m0/s1. The fourth-order valence-electron chi connectivity index (χ4n) is 2.47. The van der Waals surface area contributed by atoms with Gasteiger partial charge in [0.15, 0.2) is 6.54 Å². The molecule has 126 valence electrons. The summed E-state index contributed by atoms with van der Waals surface area (Å²) in [6, 6.07) is 6.55. The molecule has 0 bridgehead atoms. The van der Waals surface area contributed by atoms with Gasteiger partial charge < -0.3 is 10.2 Å². The smallest absolute Gasteiger partial charge is 0.321 e. The molecule has 2 atom stereocenters. The van der Waals surface area contributed by atoms with Crippen LogP contribution in [0.2, 0.25) is 0 Å². The maximum atomic E-state index is 13.8. The second-order valence-corrected chi connectivity index (χ2v) is 6.21. The lowest BCUT2D eigenvalue weighted by Crippen LogP contribution is -3.13. The van der Waals surface area contributed by atoms with Crippen molar-refractivity contribution in [3.8, 4) is 0 Å². The van der Waals surface area contributed by atoms with Crippen molar-refractivity contribution in [1.29, 1.82) is 0 Å². The zero-order valence-electron chi connectivity index (χ0n) is 13.7. The number of halogens is 1. The maximum Gasteiger partial charge on any atom is 0.321 e. The van der Waals surface area contributed by atoms with Crippen LogP contribution in [0, 0.1) is 5.82 Å². The van der Waals surface area contributed by atoms with Gasteiger partial charge in [-0.2, -0.15) is 0 Å². The monoisotopic (exact) mass is 322 g/mol. The predicted octanol–water partition coefficient (Wildman–Crippen LogP) is 0.997. The Hall–Kier alpha value is -1.95. The van der Waals surface area contributed by atoms with Crippen LogP contribution in [-0.2, 0) is 11.3 Å². The fraction of sp³-hybridized carbons (Fsp3) is 0.529. The first-order valence-corrected chi connectivity index (χ1v) is 8.18. The zero-order valence-corrected chi connectivity index (χ0v) is 13.7. The van der Waals surface area contributed by atoms with E-state index in [4.69, 9.17) is 0 Å². The molecule has 5 nitrogen and oxygen atoms in total. The summed E-state index contributed by atoms with van der Waals surface area (Å²) < 4.78 is 13.8. The van der Waals surface area contributed by atoms with Crippen molar-refractivity contribution in [1.82, 2.24) is 10.6 Å². The predicted molar refractivity (Wildman–Crippen MR) is 85.4 cm³/mol. The van der Waals surface area contributed by atoms with E-state index < -0.39 is 6.03 Å². The molecule has 0 radical (unpaired) electrons. The quantitative estimate of drug-likeness (QED) is 0.701. The minimum absolute atomic E-state index is 0.0214. The highest BCUT2D eigenvalue weighted by Gasteiger charge is 2.35. The number of hydrogen-bond donors (Lipinski definition) is 3. The van der Waals surface area contributed by atoms with Gasteiger partial charge in [-0.15, -0.1) is 0 Å². The number of benzene rings is 1. The summed E-state index contributed by atoms with van der Waals surface area (Å²) in [7, 11) is 0. The van der Waals surface area contributed by atoms with E-state index >= 15 is 0 Å². The molecule has 1 fully saturated rings. The van der Waals surface area contributed by atoms with Crippen LogP contribution < -0.4 is 15.5 Å². The Morgan fingerprint density at radius 1 is 1.35 bits per heavy atom. The number of carbonyl (C=O) groups excluding carboxylic acids is 2. The summed E-state index contributed by atoms with van der Waals surface area (Å²) in [5.41, 5.74) is 0.603. The van der Waals surface area contributed by atoms with Crippen molar-refractivity contribution in [2.75, 3.05) is 6.54 Å². The van der Waals surface area contributed by atoms with Gasteiger partial charge in [0.1, 0.15) is 12.4 Å². The average molecular weight is 322 g/mol. The van der Waals surface area contributed by atoms with E-state index in [1.165, 1.54) is 6.07 Å². The Morgan fingerprint density at radius 3 is 2.65 bits per heavy atom. The molecule has 1 aliphatic carbocycles. The minimum Gasteiger partial charge on any atom is -0.335 e. The average Bonchev–Trinajstić information content (AvgIpc) is 3.33. The first-order chi connectivity index (χ1) is 11.0. The van der Waals surface area contributed by atoms with Crippen LogP contribution in [0.4, 0.5) is 9.18 Å². The Kier molecular flexibility index (Phi) is 6.10. The summed E-state index contributed by atoms with van der Waals surface area (Å²) in [6.07, 6.45) is 2.88. The molecule has 3 amide bonds. The van der Waals surface area contributed by atoms with E-state index in [-0.39, 0.29) is 24.3 Å². The number of carbonyl (C=O) groups is 2. The van der Waals surface area contributed by atoms with Crippen LogP contribution in [0.25, 0.3) is 0 Å². The van der Waals surface area contributed by atoms with E-state index in [0.717, 1.165) is 24.2 Å². The van der Waals surface area contributed by atoms with Crippen LogP contribution in [0.5, 0.6) is 0 Å². The summed E-state index contributed by atoms with van der Waals surface area (Å²) in [5.74, 6) is -0.579. The zero-order chi connectivity index (χ0) is 16.8. The van der Waals surface area contributed by atoms with Crippen LogP contribution in [0.15, 0.2) is 24.3 Å². The molecule has 3 N–H and O–H groups in total. The molecule has 1 aliphatic rings. The molecule has 1 aromatic carbocycles. The number of nitrogens with one attached hydrogen (secondary N) is 3. The van der Waals surface area contributed by atoms with Gasteiger partial charge in [-0.05, 0) is 19.4 Å². The van der Waals surface area contributed by atoms with E-state index in [1.807, 2.05) is 13.8 Å². The third kappa shape index (κ3) is 5.63. The number of imide groups is 1. The summed E-state index contributed by atoms with van der Waals surface area (Å²) in [4.78, 5) is 24.7. The van der Waals surface area contributed by atoms with Gasteiger partial charge in [0, 0.05) is 24.4 Å². The molecular formula is C17H25FN3O2+. The number of urea groups is 1. The number of rotatable bonds is 7. The largest absolute Gasteiger partial charge is 0.335 e. The Morgan fingerprint density at radius 2 is 2.04 bits per heavy atom. The molecule has 0 saturated heterocycles. The molecule has 0 aromatic heterocycles. The summed E-state index contributed by atoms with van der Waals surface area (Å²) in [6.45, 7) is 4.47. The number of amides is 3. The topological polar surface area (TPSA) is 62.6 Å². The molecule has 6 heteroatoms. The van der Waals surface area contributed by atoms with Crippen LogP contribution >= 0.6 is 0 Å². The van der Waals surface area contributed by atoms with Crippen LogP contribution in [0.1, 0.15) is 38.7 Å². The molecule has 23 heavy (non-hydrogen) atoms. The molecule has 0 heterocycles. The van der Waals surface area contributed by atoms with E-state index in [0.29, 0.717) is 18.2 Å². The van der Waals surface area contributed by atoms with Gasteiger partial charge in [0.05, 0.1) is 6.04 Å². The highest BCUT2D eigenvalue weighted by atomic mass is 19.1. The van der Waals surface area contributed by atoms with Crippen LogP contribution in [0.3, 0.4) is 0 Å². The molecule has 2 rings (SSSR count). The van der Waals surface area contributed by atoms with E-state index in [1.54, 1.807) is 18.2 Å². The van der Waals surface area contributed by atoms with Gasteiger partial charge in [-0.25, -0.2) is 9.18 Å². The Bertz CT molecular complexity index is 561. The normalized spacial score (nSPS) is 16.5. The first-order valence-electron chi connectivity index (χ1n) is 8.18. The van der Waals surface area contributed by atoms with Crippen LogP contribution in [-0.4, -0.2) is 30.6 Å². The Balaban J connectivity index is 1.88. The summed E-state index contributed by atoms with van der Waals surface area (Å²) in [5, 5.41) is 5.05. The lowest BCUT2D eigenvalue weighted by Gasteiger charge is -2.19. The van der Waals surface area contributed by atoms with Crippen molar-refractivity contribution in [3.63, 3.8) is 0 Å². The van der Waals surface area contributed by atoms with Gasteiger partial charge in [-0.1, -0.05) is 25.1 Å². The van der Waals surface area contributed by atoms with Crippen molar-refractivity contribution < 1.29 is 18.9 Å². The molecule has 1 saturated carbocycles. The maximum absolute atomic E-state index is 13.8. The number of hydrogen-bond acceptors (Lipinski definition) is 2. The SMILES string of the molecule is CC[C@H](C)NC(=O)NC(=O)C[NH+](Cc1ccccc1F)C1CC1. The highest BCUT2D eigenvalue weighted by Crippen LogP contribution is 2.16. The third-order valence-corrected chi connectivity index (χ3v) is 4.16. The van der Waals surface area contributed by atoms with Crippen molar-refractivity contribution in [2.45, 2.75) is 51.7 Å². The second kappa shape index (κ2) is 8.06. The first kappa shape index (κ1) is 17.4. The molecule has 1 aromatic rings. The molecular weight excluding hydrogens is 297 g/mol. The molecule has 1 unspecified atom stereocenters. The highest BCUT2D eigenvalue weighted by molar-refractivity contribution is 5.94. The number of quaternary nitrogens is 1. The lowest BCUT2D eigenvalue weighted by atomic mass is 10.2. The Labute approximate surface area is 136 Å². The van der Waals surface area contributed by atoms with Gasteiger partial charge in [-0.3, -0.25) is 10.1 Å². The van der Waals surface area contributed by atoms with Crippen molar-refractivity contribution in [3.05, 3.63) is 35.6 Å². The third-order valence-electron chi connectivity index (χ3n) is 4.16. The summed E-state index contributed by atoms with van der Waals surface area (Å²) >= 11 is 0. The molecule has 0 aliphatic heterocycles. The lowest BCUT2D eigenvalue weighted by molar-refractivity contribution is -0.917. The van der Waals surface area contributed by atoms with Crippen molar-refractivity contribution in [2.24, 2.45) is 0 Å². The van der Waals surface area contributed by atoms with Gasteiger partial charge >= 0.3 is 6.03 Å². The second-order valence-electron chi connectivity index (χ2n) is 6.21. The molecule has 0 spiro atoms. The fourth-order valence-corrected chi connectivity index (χ4v) is 2.47. The van der Waals surface area contributed by atoms with E-state index in [9.17, 15) is 14.0 Å². The minimum atomic E-state index is -0.467. The van der Waals surface area contributed by atoms with Gasteiger partial charge in [0.25, 0.3) is 5.91 Å². The van der Waals surface area contributed by atoms with Crippen molar-refractivity contribution >= 4 is 11.9 Å². The van der Waals surface area contributed by atoms with Gasteiger partial charge in [0.2, 0.25) is 0 Å². The van der Waals surface area contributed by atoms with E-state index in [2.05, 4.69) is 10.6 Å².